The van der Waals surface area contributed by atoms with Crippen molar-refractivity contribution in [2.24, 2.45) is 0 Å². The van der Waals surface area contributed by atoms with Crippen molar-refractivity contribution in [3.8, 4) is 0 Å². The number of benzene rings is 1. The number of thioether (sulfide) groups is 1. The Kier molecular flexibility index (Phi) is 6.19. The van der Waals surface area contributed by atoms with Gasteiger partial charge in [-0.25, -0.2) is 9.78 Å². The van der Waals surface area contributed by atoms with Crippen molar-refractivity contribution in [1.82, 2.24) is 14.9 Å². The lowest BCUT2D eigenvalue weighted by Crippen LogP contribution is -2.33. The molecule has 0 saturated heterocycles. The van der Waals surface area contributed by atoms with E-state index in [4.69, 9.17) is 4.74 Å². The van der Waals surface area contributed by atoms with Gasteiger partial charge in [-0.05, 0) is 44.9 Å². The van der Waals surface area contributed by atoms with E-state index in [2.05, 4.69) is 14.9 Å². The number of imidazole rings is 1. The van der Waals surface area contributed by atoms with Crippen LogP contribution in [0.2, 0.25) is 0 Å². The SMILES string of the molecule is CCOC(=O)c1ccc2c(c1)nc(SCC(=O)NC1CCCC1)n2CC. The van der Waals surface area contributed by atoms with E-state index in [1.165, 1.54) is 24.6 Å². The third-order valence-corrected chi connectivity index (χ3v) is 5.57. The van der Waals surface area contributed by atoms with Crippen molar-refractivity contribution >= 4 is 34.7 Å². The van der Waals surface area contributed by atoms with E-state index in [9.17, 15) is 9.59 Å². The van der Waals surface area contributed by atoms with Crippen LogP contribution in [0.3, 0.4) is 0 Å². The van der Waals surface area contributed by atoms with Crippen molar-refractivity contribution in [1.29, 1.82) is 0 Å². The third kappa shape index (κ3) is 4.20. The molecule has 0 unspecified atom stereocenters. The van der Waals surface area contributed by atoms with Gasteiger partial charge >= 0.3 is 5.97 Å². The van der Waals surface area contributed by atoms with Crippen molar-refractivity contribution in [2.45, 2.75) is 57.3 Å². The normalized spacial score (nSPS) is 14.7. The molecule has 1 saturated carbocycles. The summed E-state index contributed by atoms with van der Waals surface area (Å²) in [6.07, 6.45) is 4.57. The number of aryl methyl sites for hydroxylation is 1. The van der Waals surface area contributed by atoms with E-state index in [-0.39, 0.29) is 11.9 Å². The Morgan fingerprint density at radius 2 is 2.08 bits per heavy atom. The molecule has 0 bridgehead atoms. The van der Waals surface area contributed by atoms with Crippen LogP contribution < -0.4 is 5.32 Å². The zero-order valence-corrected chi connectivity index (χ0v) is 16.1. The standard InChI is InChI=1S/C19H25N3O3S/c1-3-22-16-10-9-13(18(24)25-4-2)11-15(16)21-19(22)26-12-17(23)20-14-7-5-6-8-14/h9-11,14H,3-8,12H2,1-2H3,(H,20,23). The summed E-state index contributed by atoms with van der Waals surface area (Å²) >= 11 is 1.44. The van der Waals surface area contributed by atoms with E-state index in [0.29, 0.717) is 24.0 Å². The molecule has 7 heteroatoms. The third-order valence-electron chi connectivity index (χ3n) is 4.59. The number of hydrogen-bond acceptors (Lipinski definition) is 5. The van der Waals surface area contributed by atoms with E-state index < -0.39 is 0 Å². The van der Waals surface area contributed by atoms with Gasteiger partial charge in [0.15, 0.2) is 5.16 Å². The van der Waals surface area contributed by atoms with Gasteiger partial charge in [-0.2, -0.15) is 0 Å². The van der Waals surface area contributed by atoms with Gasteiger partial charge in [-0.1, -0.05) is 24.6 Å². The minimum absolute atomic E-state index is 0.0591. The Morgan fingerprint density at radius 1 is 1.31 bits per heavy atom. The number of amides is 1. The van der Waals surface area contributed by atoms with Crippen LogP contribution in [0.15, 0.2) is 23.4 Å². The molecular weight excluding hydrogens is 350 g/mol. The molecule has 26 heavy (non-hydrogen) atoms. The smallest absolute Gasteiger partial charge is 0.338 e. The van der Waals surface area contributed by atoms with E-state index in [1.54, 1.807) is 19.1 Å². The summed E-state index contributed by atoms with van der Waals surface area (Å²) in [5.74, 6) is 0.0688. The molecule has 0 spiro atoms. The van der Waals surface area contributed by atoms with E-state index in [0.717, 1.165) is 35.6 Å². The molecule has 1 amide bonds. The first-order chi connectivity index (χ1) is 12.6. The van der Waals surface area contributed by atoms with Gasteiger partial charge in [0.25, 0.3) is 0 Å². The molecule has 2 aromatic rings. The number of carbonyl (C=O) groups is 2. The molecule has 140 valence electrons. The first kappa shape index (κ1) is 18.8. The number of aromatic nitrogens is 2. The number of ether oxygens (including phenoxy) is 1. The largest absolute Gasteiger partial charge is 0.462 e. The number of esters is 1. The fourth-order valence-corrected chi connectivity index (χ4v) is 4.22. The minimum Gasteiger partial charge on any atom is -0.462 e. The van der Waals surface area contributed by atoms with Crippen molar-refractivity contribution in [3.05, 3.63) is 23.8 Å². The maximum atomic E-state index is 12.2. The zero-order chi connectivity index (χ0) is 18.5. The van der Waals surface area contributed by atoms with Crippen LogP contribution in [-0.2, 0) is 16.1 Å². The second-order valence-corrected chi connectivity index (χ2v) is 7.34. The highest BCUT2D eigenvalue weighted by Crippen LogP contribution is 2.25. The fraction of sp³-hybridized carbons (Fsp3) is 0.526. The summed E-state index contributed by atoms with van der Waals surface area (Å²) in [5.41, 5.74) is 2.20. The quantitative estimate of drug-likeness (QED) is 0.593. The second kappa shape index (κ2) is 8.58. The highest BCUT2D eigenvalue weighted by atomic mass is 32.2. The molecule has 6 nitrogen and oxygen atoms in total. The average molecular weight is 375 g/mol. The first-order valence-electron chi connectivity index (χ1n) is 9.22. The number of rotatable bonds is 7. The molecule has 0 radical (unpaired) electrons. The van der Waals surface area contributed by atoms with Gasteiger partial charge in [-0.3, -0.25) is 4.79 Å². The Hall–Kier alpha value is -2.02. The van der Waals surface area contributed by atoms with Crippen LogP contribution in [0.4, 0.5) is 0 Å². The van der Waals surface area contributed by atoms with Gasteiger partial charge < -0.3 is 14.6 Å². The molecule has 1 N–H and O–H groups in total. The monoisotopic (exact) mass is 375 g/mol. The van der Waals surface area contributed by atoms with Crippen LogP contribution in [0.5, 0.6) is 0 Å². The summed E-state index contributed by atoms with van der Waals surface area (Å²) in [7, 11) is 0. The van der Waals surface area contributed by atoms with Gasteiger partial charge in [0.2, 0.25) is 5.91 Å². The summed E-state index contributed by atoms with van der Waals surface area (Å²) < 4.78 is 7.12. The lowest BCUT2D eigenvalue weighted by molar-refractivity contribution is -0.119. The van der Waals surface area contributed by atoms with E-state index >= 15 is 0 Å². The molecule has 3 rings (SSSR count). The summed E-state index contributed by atoms with van der Waals surface area (Å²) in [6.45, 7) is 4.93. The first-order valence-corrected chi connectivity index (χ1v) is 10.2. The fourth-order valence-electron chi connectivity index (χ4n) is 3.33. The summed E-state index contributed by atoms with van der Waals surface area (Å²) in [5, 5.41) is 3.90. The van der Waals surface area contributed by atoms with Crippen LogP contribution in [0, 0.1) is 0 Å². The molecule has 1 heterocycles. The van der Waals surface area contributed by atoms with E-state index in [1.807, 2.05) is 13.0 Å². The number of fused-ring (bicyclic) bond motifs is 1. The van der Waals surface area contributed by atoms with Crippen LogP contribution in [-0.4, -0.2) is 39.8 Å². The minimum atomic E-state index is -0.342. The molecule has 1 aliphatic carbocycles. The Balaban J connectivity index is 1.72. The zero-order valence-electron chi connectivity index (χ0n) is 15.3. The van der Waals surface area contributed by atoms with Crippen LogP contribution in [0.1, 0.15) is 49.9 Å². The average Bonchev–Trinajstić information content (AvgIpc) is 3.26. The Bertz CT molecular complexity index is 797. The molecule has 1 aliphatic rings. The molecule has 1 aromatic carbocycles. The van der Waals surface area contributed by atoms with Crippen molar-refractivity contribution in [2.75, 3.05) is 12.4 Å². The van der Waals surface area contributed by atoms with Crippen LogP contribution >= 0.6 is 11.8 Å². The van der Waals surface area contributed by atoms with Crippen LogP contribution in [0.25, 0.3) is 11.0 Å². The summed E-state index contributed by atoms with van der Waals surface area (Å²) in [6, 6.07) is 5.73. The highest BCUT2D eigenvalue weighted by Gasteiger charge is 2.18. The predicted molar refractivity (Wildman–Crippen MR) is 102 cm³/mol. The van der Waals surface area contributed by atoms with Gasteiger partial charge in [0.05, 0.1) is 29.0 Å². The molecule has 0 atom stereocenters. The topological polar surface area (TPSA) is 73.2 Å². The second-order valence-electron chi connectivity index (χ2n) is 6.40. The lowest BCUT2D eigenvalue weighted by atomic mass is 10.2. The maximum absolute atomic E-state index is 12.2. The maximum Gasteiger partial charge on any atom is 0.338 e. The highest BCUT2D eigenvalue weighted by molar-refractivity contribution is 7.99. The molecule has 1 fully saturated rings. The number of nitrogens with zero attached hydrogens (tertiary/aromatic N) is 2. The lowest BCUT2D eigenvalue weighted by Gasteiger charge is -2.11. The van der Waals surface area contributed by atoms with Crippen molar-refractivity contribution in [3.63, 3.8) is 0 Å². The number of nitrogens with one attached hydrogen (secondary N) is 1. The van der Waals surface area contributed by atoms with Gasteiger partial charge in [0, 0.05) is 12.6 Å². The number of carbonyl (C=O) groups excluding carboxylic acids is 2. The molecule has 0 aliphatic heterocycles. The number of hydrogen-bond donors (Lipinski definition) is 1. The predicted octanol–water partition coefficient (Wildman–Crippen LogP) is 3.38. The Morgan fingerprint density at radius 3 is 2.77 bits per heavy atom. The summed E-state index contributed by atoms with van der Waals surface area (Å²) in [4.78, 5) is 28.7. The Labute approximate surface area is 157 Å². The van der Waals surface area contributed by atoms with Gasteiger partial charge in [0.1, 0.15) is 0 Å². The molecular formula is C19H25N3O3S. The van der Waals surface area contributed by atoms with Crippen molar-refractivity contribution < 1.29 is 14.3 Å². The van der Waals surface area contributed by atoms with Gasteiger partial charge in [-0.15, -0.1) is 0 Å². The molecule has 1 aromatic heterocycles.